The van der Waals surface area contributed by atoms with Gasteiger partial charge in [-0.1, -0.05) is 18.2 Å². The van der Waals surface area contributed by atoms with Crippen LogP contribution in [0.25, 0.3) is 0 Å². The van der Waals surface area contributed by atoms with Crippen molar-refractivity contribution in [3.8, 4) is 17.5 Å². The molecule has 126 valence electrons. The molecule has 0 spiro atoms. The van der Waals surface area contributed by atoms with Crippen LogP contribution in [0.1, 0.15) is 22.6 Å². The number of rotatable bonds is 1. The molecule has 4 rings (SSSR count). The van der Waals surface area contributed by atoms with E-state index in [1.807, 2.05) is 0 Å². The molecule has 1 aromatic carbocycles. The largest absolute Gasteiger partial charge is 0.494 e. The number of hydrogen-bond donors (Lipinski definition) is 5. The van der Waals surface area contributed by atoms with Crippen LogP contribution in [-0.2, 0) is 0 Å². The van der Waals surface area contributed by atoms with Crippen LogP contribution in [0.15, 0.2) is 33.9 Å². The zero-order valence-electron chi connectivity index (χ0n) is 12.4. The average Bonchev–Trinajstić information content (AvgIpc) is 2.52. The molecule has 8 nitrogen and oxygen atoms in total. The summed E-state index contributed by atoms with van der Waals surface area (Å²) in [6.07, 6.45) is 0. The van der Waals surface area contributed by atoms with E-state index in [1.54, 1.807) is 24.3 Å². The highest BCUT2D eigenvalue weighted by Gasteiger charge is 2.35. The molecule has 0 fully saturated rings. The second-order valence-electron chi connectivity index (χ2n) is 5.39. The fraction of sp³-hybridized carbons (Fsp3) is 0.0667. The van der Waals surface area contributed by atoms with E-state index >= 15 is 0 Å². The summed E-state index contributed by atoms with van der Waals surface area (Å²) < 4.78 is 5.80. The van der Waals surface area contributed by atoms with Crippen LogP contribution in [0.2, 0.25) is 0 Å². The maximum Gasteiger partial charge on any atom is 0.259 e. The first-order valence-corrected chi connectivity index (χ1v) is 7.96. The number of nitrogens with one attached hydrogen (secondary N) is 4. The normalized spacial score (nSPS) is 15.1. The number of hydrogen-bond acceptors (Lipinski definition) is 6. The lowest BCUT2D eigenvalue weighted by atomic mass is 9.85. The number of para-hydroxylation sites is 1. The predicted molar refractivity (Wildman–Crippen MR) is 93.6 cm³/mol. The molecule has 25 heavy (non-hydrogen) atoms. The first kappa shape index (κ1) is 15.5. The minimum absolute atomic E-state index is 0.0202. The highest BCUT2D eigenvalue weighted by molar-refractivity contribution is 7.71. The van der Waals surface area contributed by atoms with E-state index in [4.69, 9.17) is 29.2 Å². The van der Waals surface area contributed by atoms with Gasteiger partial charge in [0.25, 0.3) is 11.1 Å². The summed E-state index contributed by atoms with van der Waals surface area (Å²) in [7, 11) is 0. The third kappa shape index (κ3) is 2.42. The van der Waals surface area contributed by atoms with Gasteiger partial charge >= 0.3 is 0 Å². The maximum atomic E-state index is 12.5. The van der Waals surface area contributed by atoms with Gasteiger partial charge in [0, 0.05) is 5.56 Å². The molecule has 0 amide bonds. The zero-order valence-corrected chi connectivity index (χ0v) is 14.0. The van der Waals surface area contributed by atoms with Crippen LogP contribution in [0.4, 0.5) is 0 Å². The molecule has 0 aliphatic carbocycles. The van der Waals surface area contributed by atoms with E-state index in [-0.39, 0.29) is 26.5 Å². The number of H-pyrrole nitrogens is 4. The molecular weight excluding hydrogens is 364 g/mol. The number of aromatic nitrogens is 4. The van der Waals surface area contributed by atoms with Gasteiger partial charge in [-0.3, -0.25) is 19.6 Å². The van der Waals surface area contributed by atoms with Crippen molar-refractivity contribution < 1.29 is 9.84 Å². The van der Waals surface area contributed by atoms with E-state index < -0.39 is 22.9 Å². The third-order valence-electron chi connectivity index (χ3n) is 3.92. The lowest BCUT2D eigenvalue weighted by Crippen LogP contribution is -2.28. The zero-order chi connectivity index (χ0) is 17.7. The fourth-order valence-corrected chi connectivity index (χ4v) is 3.32. The Morgan fingerprint density at radius 2 is 1.56 bits per heavy atom. The monoisotopic (exact) mass is 374 g/mol. The summed E-state index contributed by atoms with van der Waals surface area (Å²) in [5.74, 6) is -0.717. The lowest BCUT2D eigenvalue weighted by Gasteiger charge is -2.26. The Bertz CT molecular complexity index is 1210. The highest BCUT2D eigenvalue weighted by Crippen LogP contribution is 2.45. The minimum Gasteiger partial charge on any atom is -0.494 e. The summed E-state index contributed by atoms with van der Waals surface area (Å²) in [6, 6.07) is 6.91. The second kappa shape index (κ2) is 5.53. The van der Waals surface area contributed by atoms with Gasteiger partial charge in [0.15, 0.2) is 15.4 Å². The topological polar surface area (TPSA) is 127 Å². The molecule has 1 aliphatic heterocycles. The molecule has 1 aliphatic rings. The van der Waals surface area contributed by atoms with Gasteiger partial charge in [0.1, 0.15) is 5.75 Å². The number of benzene rings is 1. The fourth-order valence-electron chi connectivity index (χ4n) is 2.95. The Kier molecular flexibility index (Phi) is 3.44. The number of aromatic hydroxyl groups is 1. The Balaban J connectivity index is 2.14. The molecule has 0 saturated carbocycles. The van der Waals surface area contributed by atoms with E-state index in [1.165, 1.54) is 0 Å². The molecule has 1 unspecified atom stereocenters. The van der Waals surface area contributed by atoms with Crippen molar-refractivity contribution in [3.63, 3.8) is 0 Å². The van der Waals surface area contributed by atoms with Crippen molar-refractivity contribution >= 4 is 24.4 Å². The lowest BCUT2D eigenvalue weighted by molar-refractivity contribution is 0.417. The first-order chi connectivity index (χ1) is 12.0. The molecular formula is C15H10N4O4S2. The summed E-state index contributed by atoms with van der Waals surface area (Å²) in [5.41, 5.74) is -0.465. The molecule has 0 bridgehead atoms. The molecule has 3 heterocycles. The van der Waals surface area contributed by atoms with Gasteiger partial charge in [-0.2, -0.15) is 0 Å². The predicted octanol–water partition coefficient (Wildman–Crippen LogP) is 2.17. The average molecular weight is 374 g/mol. The van der Waals surface area contributed by atoms with Crippen molar-refractivity contribution in [3.05, 3.63) is 71.2 Å². The van der Waals surface area contributed by atoms with Crippen LogP contribution in [0.5, 0.6) is 17.5 Å². The molecule has 1 atom stereocenters. The van der Waals surface area contributed by atoms with Crippen molar-refractivity contribution in [2.45, 2.75) is 5.92 Å². The van der Waals surface area contributed by atoms with E-state index in [9.17, 15) is 14.7 Å². The third-order valence-corrected chi connectivity index (χ3v) is 4.33. The van der Waals surface area contributed by atoms with Gasteiger partial charge in [-0.05, 0) is 30.5 Å². The number of ether oxygens (including phenoxy) is 1. The van der Waals surface area contributed by atoms with Crippen LogP contribution in [-0.4, -0.2) is 25.0 Å². The Morgan fingerprint density at radius 1 is 0.920 bits per heavy atom. The van der Waals surface area contributed by atoms with E-state index in [0.717, 1.165) is 0 Å². The standard InChI is InChI=1S/C15H10N4O4S2/c20-10-8(11(21)17-14(24)16-10)7-5-3-1-2-4-6(5)23-13-9(7)12(22)18-15(25)19-13/h1-4,7H,(H2,18,19,22,25)(H3,16,17,20,21,24). The van der Waals surface area contributed by atoms with Gasteiger partial charge in [0.05, 0.1) is 17.0 Å². The Morgan fingerprint density at radius 3 is 2.28 bits per heavy atom. The Labute approximate surface area is 149 Å². The SMILES string of the molecule is O=c1[nH]c(=S)[nH]c(O)c1C1c2ccccc2Oc2[nH]c(=S)[nH]c(=O)c21. The molecule has 0 saturated heterocycles. The van der Waals surface area contributed by atoms with Crippen LogP contribution in [0.3, 0.4) is 0 Å². The minimum atomic E-state index is -0.869. The van der Waals surface area contributed by atoms with Crippen molar-refractivity contribution in [1.82, 2.24) is 19.9 Å². The van der Waals surface area contributed by atoms with E-state index in [0.29, 0.717) is 11.3 Å². The molecule has 2 aromatic heterocycles. The highest BCUT2D eigenvalue weighted by atomic mass is 32.1. The maximum absolute atomic E-state index is 12.5. The van der Waals surface area contributed by atoms with Crippen LogP contribution < -0.4 is 15.9 Å². The van der Waals surface area contributed by atoms with Gasteiger partial charge in [-0.25, -0.2) is 0 Å². The first-order valence-electron chi connectivity index (χ1n) is 7.14. The van der Waals surface area contributed by atoms with Gasteiger partial charge in [0.2, 0.25) is 5.88 Å². The van der Waals surface area contributed by atoms with Crippen LogP contribution >= 0.6 is 24.4 Å². The van der Waals surface area contributed by atoms with Crippen molar-refractivity contribution in [2.75, 3.05) is 0 Å². The van der Waals surface area contributed by atoms with Gasteiger partial charge in [-0.15, -0.1) is 0 Å². The molecule has 3 aromatic rings. The van der Waals surface area contributed by atoms with Crippen molar-refractivity contribution in [1.29, 1.82) is 0 Å². The number of aromatic amines is 4. The van der Waals surface area contributed by atoms with E-state index in [2.05, 4.69) is 19.9 Å². The molecule has 10 heteroatoms. The molecule has 0 radical (unpaired) electrons. The second-order valence-corrected chi connectivity index (χ2v) is 6.21. The number of fused-ring (bicyclic) bond motifs is 2. The van der Waals surface area contributed by atoms with Crippen LogP contribution in [0, 0.1) is 9.54 Å². The summed E-state index contributed by atoms with van der Waals surface area (Å²) >= 11 is 9.84. The van der Waals surface area contributed by atoms with Crippen molar-refractivity contribution in [2.24, 2.45) is 0 Å². The summed E-state index contributed by atoms with van der Waals surface area (Å²) in [4.78, 5) is 35.2. The van der Waals surface area contributed by atoms with Gasteiger partial charge < -0.3 is 19.8 Å². The molecule has 5 N–H and O–H groups in total. The quantitative estimate of drug-likeness (QED) is 0.325. The smallest absolute Gasteiger partial charge is 0.259 e. The summed E-state index contributed by atoms with van der Waals surface area (Å²) in [5, 5.41) is 10.3. The Hall–Kier alpha value is -2.98. The summed E-state index contributed by atoms with van der Waals surface area (Å²) in [6.45, 7) is 0.